The van der Waals surface area contributed by atoms with E-state index in [0.29, 0.717) is 17.4 Å². The Hall–Kier alpha value is -1.58. The van der Waals surface area contributed by atoms with Crippen molar-refractivity contribution in [1.29, 1.82) is 0 Å². The van der Waals surface area contributed by atoms with Gasteiger partial charge in [-0.05, 0) is 38.8 Å². The fourth-order valence-electron chi connectivity index (χ4n) is 1.94. The SMILES string of the molecule is CCN(C(=O)c1cc(C)nc(N)c1)C1CC1. The van der Waals surface area contributed by atoms with Crippen LogP contribution in [0.4, 0.5) is 5.82 Å². The van der Waals surface area contributed by atoms with Crippen LogP contribution in [-0.2, 0) is 0 Å². The van der Waals surface area contributed by atoms with Gasteiger partial charge in [-0.15, -0.1) is 0 Å². The number of nitrogens with two attached hydrogens (primary N) is 1. The lowest BCUT2D eigenvalue weighted by molar-refractivity contribution is 0.0752. The average Bonchev–Trinajstić information content (AvgIpc) is 3.01. The molecule has 1 heterocycles. The maximum absolute atomic E-state index is 12.2. The predicted octanol–water partition coefficient (Wildman–Crippen LogP) is 1.60. The van der Waals surface area contributed by atoms with Crippen LogP contribution >= 0.6 is 0 Å². The number of pyridine rings is 1. The highest BCUT2D eigenvalue weighted by molar-refractivity contribution is 5.95. The Morgan fingerprint density at radius 1 is 1.56 bits per heavy atom. The smallest absolute Gasteiger partial charge is 0.254 e. The van der Waals surface area contributed by atoms with Gasteiger partial charge in [0.25, 0.3) is 5.91 Å². The summed E-state index contributed by atoms with van der Waals surface area (Å²) in [6, 6.07) is 3.89. The predicted molar refractivity (Wildman–Crippen MR) is 63.1 cm³/mol. The number of carbonyl (C=O) groups excluding carboxylic acids is 1. The van der Waals surface area contributed by atoms with Crippen molar-refractivity contribution in [3.05, 3.63) is 23.4 Å². The van der Waals surface area contributed by atoms with Crippen molar-refractivity contribution in [2.24, 2.45) is 0 Å². The fourth-order valence-corrected chi connectivity index (χ4v) is 1.94. The number of aryl methyl sites for hydroxylation is 1. The molecule has 0 saturated heterocycles. The molecule has 1 aliphatic carbocycles. The zero-order valence-electron chi connectivity index (χ0n) is 9.73. The second kappa shape index (κ2) is 4.12. The quantitative estimate of drug-likeness (QED) is 0.840. The van der Waals surface area contributed by atoms with Gasteiger partial charge in [0.2, 0.25) is 0 Å². The Balaban J connectivity index is 2.24. The second-order valence-electron chi connectivity index (χ2n) is 4.24. The molecular formula is C12H17N3O. The number of hydrogen-bond donors (Lipinski definition) is 1. The number of carbonyl (C=O) groups is 1. The van der Waals surface area contributed by atoms with Gasteiger partial charge in [0.15, 0.2) is 0 Å². The third-order valence-corrected chi connectivity index (χ3v) is 2.81. The summed E-state index contributed by atoms with van der Waals surface area (Å²) in [6.07, 6.45) is 2.25. The largest absolute Gasteiger partial charge is 0.384 e. The van der Waals surface area contributed by atoms with Gasteiger partial charge in [-0.2, -0.15) is 0 Å². The molecule has 0 bridgehead atoms. The first-order chi connectivity index (χ1) is 7.61. The third-order valence-electron chi connectivity index (χ3n) is 2.81. The van der Waals surface area contributed by atoms with Crippen LogP contribution < -0.4 is 5.73 Å². The van der Waals surface area contributed by atoms with E-state index in [1.807, 2.05) is 18.7 Å². The molecule has 86 valence electrons. The molecule has 1 saturated carbocycles. The van der Waals surface area contributed by atoms with Gasteiger partial charge in [0.05, 0.1) is 0 Å². The molecule has 1 aliphatic rings. The van der Waals surface area contributed by atoms with Crippen molar-refractivity contribution in [3.63, 3.8) is 0 Å². The van der Waals surface area contributed by atoms with E-state index in [4.69, 9.17) is 5.73 Å². The Labute approximate surface area is 95.5 Å². The van der Waals surface area contributed by atoms with Crippen LogP contribution in [0.25, 0.3) is 0 Å². The van der Waals surface area contributed by atoms with Crippen molar-refractivity contribution in [2.75, 3.05) is 12.3 Å². The molecule has 1 aromatic rings. The molecule has 0 radical (unpaired) electrons. The van der Waals surface area contributed by atoms with E-state index in [2.05, 4.69) is 4.98 Å². The number of hydrogen-bond acceptors (Lipinski definition) is 3. The highest BCUT2D eigenvalue weighted by atomic mass is 16.2. The molecule has 0 atom stereocenters. The van der Waals surface area contributed by atoms with E-state index >= 15 is 0 Å². The molecule has 1 fully saturated rings. The van der Waals surface area contributed by atoms with Crippen LogP contribution in [0.15, 0.2) is 12.1 Å². The van der Waals surface area contributed by atoms with Crippen molar-refractivity contribution in [3.8, 4) is 0 Å². The van der Waals surface area contributed by atoms with E-state index < -0.39 is 0 Å². The summed E-state index contributed by atoms with van der Waals surface area (Å²) in [5, 5.41) is 0. The first-order valence-electron chi connectivity index (χ1n) is 5.67. The van der Waals surface area contributed by atoms with Crippen molar-refractivity contribution >= 4 is 11.7 Å². The van der Waals surface area contributed by atoms with Crippen molar-refractivity contribution < 1.29 is 4.79 Å². The topological polar surface area (TPSA) is 59.2 Å². The lowest BCUT2D eigenvalue weighted by atomic mass is 10.2. The third kappa shape index (κ3) is 2.15. The minimum absolute atomic E-state index is 0.0715. The highest BCUT2D eigenvalue weighted by Crippen LogP contribution is 2.28. The number of anilines is 1. The average molecular weight is 219 g/mol. The molecule has 1 aromatic heterocycles. The van der Waals surface area contributed by atoms with E-state index in [-0.39, 0.29) is 5.91 Å². The molecule has 4 nitrogen and oxygen atoms in total. The van der Waals surface area contributed by atoms with E-state index in [1.165, 1.54) is 0 Å². The van der Waals surface area contributed by atoms with Crippen LogP contribution in [-0.4, -0.2) is 28.4 Å². The second-order valence-corrected chi connectivity index (χ2v) is 4.24. The first kappa shape index (κ1) is 10.9. The molecule has 1 amide bonds. The molecular weight excluding hydrogens is 202 g/mol. The van der Waals surface area contributed by atoms with Crippen LogP contribution in [0.3, 0.4) is 0 Å². The highest BCUT2D eigenvalue weighted by Gasteiger charge is 2.31. The van der Waals surface area contributed by atoms with E-state index in [0.717, 1.165) is 25.1 Å². The normalized spacial score (nSPS) is 14.9. The maximum atomic E-state index is 12.2. The summed E-state index contributed by atoms with van der Waals surface area (Å²) < 4.78 is 0. The maximum Gasteiger partial charge on any atom is 0.254 e. The number of aromatic nitrogens is 1. The number of amides is 1. The zero-order chi connectivity index (χ0) is 11.7. The molecule has 4 heteroatoms. The minimum atomic E-state index is 0.0715. The summed E-state index contributed by atoms with van der Waals surface area (Å²) in [4.78, 5) is 18.2. The lowest BCUT2D eigenvalue weighted by Gasteiger charge is -2.20. The van der Waals surface area contributed by atoms with Crippen molar-refractivity contribution in [1.82, 2.24) is 9.88 Å². The first-order valence-corrected chi connectivity index (χ1v) is 5.67. The zero-order valence-corrected chi connectivity index (χ0v) is 9.73. The number of nitrogens with zero attached hydrogens (tertiary/aromatic N) is 2. The summed E-state index contributed by atoms with van der Waals surface area (Å²) in [5.41, 5.74) is 7.09. The van der Waals surface area contributed by atoms with Crippen LogP contribution in [0.2, 0.25) is 0 Å². The Morgan fingerprint density at radius 3 is 2.75 bits per heavy atom. The van der Waals surface area contributed by atoms with Gasteiger partial charge in [0.1, 0.15) is 5.82 Å². The summed E-state index contributed by atoms with van der Waals surface area (Å²) in [6.45, 7) is 4.61. The minimum Gasteiger partial charge on any atom is -0.384 e. The molecule has 2 N–H and O–H groups in total. The molecule has 0 unspecified atom stereocenters. The summed E-state index contributed by atoms with van der Waals surface area (Å²) in [7, 11) is 0. The van der Waals surface area contributed by atoms with Gasteiger partial charge in [-0.1, -0.05) is 0 Å². The molecule has 2 rings (SSSR count). The van der Waals surface area contributed by atoms with Gasteiger partial charge in [-0.3, -0.25) is 4.79 Å². The number of nitrogen functional groups attached to an aromatic ring is 1. The Kier molecular flexibility index (Phi) is 2.81. The standard InChI is InChI=1S/C12H17N3O/c1-3-15(10-4-5-10)12(16)9-6-8(2)14-11(13)7-9/h6-7,10H,3-5H2,1-2H3,(H2,13,14). The lowest BCUT2D eigenvalue weighted by Crippen LogP contribution is -2.32. The van der Waals surface area contributed by atoms with Gasteiger partial charge in [-0.25, -0.2) is 4.98 Å². The van der Waals surface area contributed by atoms with E-state index in [1.54, 1.807) is 12.1 Å². The molecule has 0 spiro atoms. The van der Waals surface area contributed by atoms with E-state index in [9.17, 15) is 4.79 Å². The van der Waals surface area contributed by atoms with Crippen LogP contribution in [0.1, 0.15) is 35.8 Å². The molecule has 0 aromatic carbocycles. The number of rotatable bonds is 3. The van der Waals surface area contributed by atoms with Crippen molar-refractivity contribution in [2.45, 2.75) is 32.7 Å². The summed E-state index contributed by atoms with van der Waals surface area (Å²) >= 11 is 0. The Morgan fingerprint density at radius 2 is 2.25 bits per heavy atom. The molecule has 0 aliphatic heterocycles. The van der Waals surface area contributed by atoms with Crippen LogP contribution in [0, 0.1) is 6.92 Å². The summed E-state index contributed by atoms with van der Waals surface area (Å²) in [5.74, 6) is 0.484. The van der Waals surface area contributed by atoms with Gasteiger partial charge in [0, 0.05) is 23.8 Å². The van der Waals surface area contributed by atoms with Crippen LogP contribution in [0.5, 0.6) is 0 Å². The van der Waals surface area contributed by atoms with Gasteiger partial charge < -0.3 is 10.6 Å². The molecule has 16 heavy (non-hydrogen) atoms. The monoisotopic (exact) mass is 219 g/mol. The van der Waals surface area contributed by atoms with Gasteiger partial charge >= 0.3 is 0 Å². The fraction of sp³-hybridized carbons (Fsp3) is 0.500. The Bertz CT molecular complexity index is 392.